The topological polar surface area (TPSA) is 69.6 Å². The van der Waals surface area contributed by atoms with Crippen molar-refractivity contribution < 1.29 is 14.7 Å². The molecule has 0 radical (unpaired) electrons. The summed E-state index contributed by atoms with van der Waals surface area (Å²) in [6.45, 7) is 7.64. The number of carboxylic acid groups (broad SMARTS) is 1. The summed E-state index contributed by atoms with van der Waals surface area (Å²) >= 11 is 0. The first-order valence-corrected chi connectivity index (χ1v) is 6.51. The van der Waals surface area contributed by atoms with E-state index in [1.807, 2.05) is 0 Å². The minimum atomic E-state index is -0.853. The number of carbonyl (C=O) groups is 2. The number of amides is 1. The van der Waals surface area contributed by atoms with Crippen LogP contribution in [0.15, 0.2) is 0 Å². The molecule has 1 amide bonds. The van der Waals surface area contributed by atoms with Gasteiger partial charge in [-0.25, -0.2) is 0 Å². The van der Waals surface area contributed by atoms with Crippen molar-refractivity contribution in [2.24, 2.45) is 5.92 Å². The van der Waals surface area contributed by atoms with Crippen LogP contribution in [0.3, 0.4) is 0 Å². The molecule has 18 heavy (non-hydrogen) atoms. The quantitative estimate of drug-likeness (QED) is 0.612. The fourth-order valence-electron chi connectivity index (χ4n) is 1.57. The fourth-order valence-corrected chi connectivity index (χ4v) is 1.57. The summed E-state index contributed by atoms with van der Waals surface area (Å²) < 4.78 is 0. The summed E-state index contributed by atoms with van der Waals surface area (Å²) in [5.74, 6) is -1.02. The molecule has 0 bridgehead atoms. The molecule has 0 aliphatic heterocycles. The Morgan fingerprint density at radius 2 is 1.83 bits per heavy atom. The van der Waals surface area contributed by atoms with Crippen LogP contribution in [0.5, 0.6) is 0 Å². The second kappa shape index (κ2) is 8.91. The maximum Gasteiger partial charge on any atom is 0.303 e. The highest BCUT2D eigenvalue weighted by Crippen LogP contribution is 2.06. The summed E-state index contributed by atoms with van der Waals surface area (Å²) in [6, 6.07) is 0.510. The number of aliphatic carboxylic acids is 1. The molecule has 0 aliphatic carbocycles. The Bertz CT molecular complexity index is 267. The molecule has 0 heterocycles. The number of hydrogen-bond acceptors (Lipinski definition) is 3. The molecular weight excluding hydrogens is 232 g/mol. The third-order valence-corrected chi connectivity index (χ3v) is 2.95. The van der Waals surface area contributed by atoms with Gasteiger partial charge in [-0.1, -0.05) is 6.92 Å². The lowest BCUT2D eigenvalue weighted by Crippen LogP contribution is -2.32. The molecule has 0 fully saturated rings. The third-order valence-electron chi connectivity index (χ3n) is 2.95. The van der Waals surface area contributed by atoms with Crippen LogP contribution in [-0.4, -0.2) is 48.1 Å². The predicted octanol–water partition coefficient (Wildman–Crippen LogP) is 1.33. The number of nitrogens with one attached hydrogen (secondary N) is 1. The lowest BCUT2D eigenvalue weighted by Gasteiger charge is -2.20. The van der Waals surface area contributed by atoms with Gasteiger partial charge in [-0.05, 0) is 39.8 Å². The zero-order chi connectivity index (χ0) is 14.1. The van der Waals surface area contributed by atoms with E-state index >= 15 is 0 Å². The van der Waals surface area contributed by atoms with Gasteiger partial charge in [0.15, 0.2) is 0 Å². The molecule has 0 aromatic heterocycles. The third kappa shape index (κ3) is 8.98. The first kappa shape index (κ1) is 16.9. The Morgan fingerprint density at radius 3 is 2.33 bits per heavy atom. The summed E-state index contributed by atoms with van der Waals surface area (Å²) in [7, 11) is 2.06. The van der Waals surface area contributed by atoms with E-state index < -0.39 is 5.97 Å². The standard InChI is InChI=1S/C13H26N2O3/c1-10(2)15(4)7-5-6-14-12(16)8-11(3)9-13(17)18/h10-11H,5-9H2,1-4H3,(H,14,16)(H,17,18). The van der Waals surface area contributed by atoms with Gasteiger partial charge in [0.05, 0.1) is 0 Å². The van der Waals surface area contributed by atoms with Gasteiger partial charge >= 0.3 is 5.97 Å². The van der Waals surface area contributed by atoms with Gasteiger partial charge in [-0.2, -0.15) is 0 Å². The van der Waals surface area contributed by atoms with Gasteiger partial charge < -0.3 is 15.3 Å². The van der Waals surface area contributed by atoms with E-state index in [1.54, 1.807) is 6.92 Å². The first-order valence-electron chi connectivity index (χ1n) is 6.51. The van der Waals surface area contributed by atoms with E-state index in [0.717, 1.165) is 13.0 Å². The van der Waals surface area contributed by atoms with E-state index in [-0.39, 0.29) is 24.7 Å². The zero-order valence-electron chi connectivity index (χ0n) is 11.9. The molecule has 0 saturated carbocycles. The fraction of sp³-hybridized carbons (Fsp3) is 0.846. The van der Waals surface area contributed by atoms with Crippen LogP contribution in [0.1, 0.15) is 40.0 Å². The number of hydrogen-bond donors (Lipinski definition) is 2. The average Bonchev–Trinajstić information content (AvgIpc) is 2.22. The number of carbonyl (C=O) groups excluding carboxylic acids is 1. The van der Waals surface area contributed by atoms with Gasteiger partial charge in [0.25, 0.3) is 0 Å². The SMILES string of the molecule is CC(CC(=O)O)CC(=O)NCCCN(C)C(C)C. The highest BCUT2D eigenvalue weighted by molar-refractivity contribution is 5.77. The van der Waals surface area contributed by atoms with Gasteiger partial charge in [-0.3, -0.25) is 9.59 Å². The van der Waals surface area contributed by atoms with Crippen LogP contribution in [0, 0.1) is 5.92 Å². The molecular formula is C13H26N2O3. The van der Waals surface area contributed by atoms with Gasteiger partial charge in [0.1, 0.15) is 0 Å². The van der Waals surface area contributed by atoms with Crippen molar-refractivity contribution in [3.05, 3.63) is 0 Å². The van der Waals surface area contributed by atoms with Crippen LogP contribution in [-0.2, 0) is 9.59 Å². The highest BCUT2D eigenvalue weighted by atomic mass is 16.4. The van der Waals surface area contributed by atoms with Crippen molar-refractivity contribution in [1.29, 1.82) is 0 Å². The van der Waals surface area contributed by atoms with Crippen LogP contribution < -0.4 is 5.32 Å². The van der Waals surface area contributed by atoms with Crippen LogP contribution >= 0.6 is 0 Å². The number of rotatable bonds is 9. The number of carboxylic acids is 1. The second-order valence-corrected chi connectivity index (χ2v) is 5.19. The molecule has 1 atom stereocenters. The van der Waals surface area contributed by atoms with Gasteiger partial charge in [-0.15, -0.1) is 0 Å². The highest BCUT2D eigenvalue weighted by Gasteiger charge is 2.12. The molecule has 0 saturated heterocycles. The average molecular weight is 258 g/mol. The maximum atomic E-state index is 11.5. The molecule has 0 aromatic carbocycles. The minimum absolute atomic E-state index is 0.0451. The largest absolute Gasteiger partial charge is 0.481 e. The lowest BCUT2D eigenvalue weighted by molar-refractivity contribution is -0.138. The van der Waals surface area contributed by atoms with E-state index in [9.17, 15) is 9.59 Å². The molecule has 0 spiro atoms. The van der Waals surface area contributed by atoms with E-state index in [4.69, 9.17) is 5.11 Å². The van der Waals surface area contributed by atoms with E-state index in [0.29, 0.717) is 12.6 Å². The van der Waals surface area contributed by atoms with Gasteiger partial charge in [0, 0.05) is 25.4 Å². The summed E-state index contributed by atoms with van der Waals surface area (Å²) in [6.07, 6.45) is 1.24. The van der Waals surface area contributed by atoms with E-state index in [1.165, 1.54) is 0 Å². The smallest absolute Gasteiger partial charge is 0.303 e. The van der Waals surface area contributed by atoms with Gasteiger partial charge in [0.2, 0.25) is 5.91 Å². The van der Waals surface area contributed by atoms with Crippen molar-refractivity contribution in [2.45, 2.75) is 46.1 Å². The van der Waals surface area contributed by atoms with Crippen molar-refractivity contribution in [3.63, 3.8) is 0 Å². The Kier molecular flexibility index (Phi) is 8.37. The molecule has 106 valence electrons. The maximum absolute atomic E-state index is 11.5. The Morgan fingerprint density at radius 1 is 1.22 bits per heavy atom. The van der Waals surface area contributed by atoms with E-state index in [2.05, 4.69) is 31.1 Å². The van der Waals surface area contributed by atoms with Crippen LogP contribution in [0.25, 0.3) is 0 Å². The monoisotopic (exact) mass is 258 g/mol. The molecule has 1 unspecified atom stereocenters. The van der Waals surface area contributed by atoms with Crippen molar-refractivity contribution >= 4 is 11.9 Å². The zero-order valence-corrected chi connectivity index (χ0v) is 11.9. The minimum Gasteiger partial charge on any atom is -0.481 e. The van der Waals surface area contributed by atoms with Crippen LogP contribution in [0.4, 0.5) is 0 Å². The molecule has 0 rings (SSSR count). The summed E-state index contributed by atoms with van der Waals surface area (Å²) in [5.41, 5.74) is 0. The molecule has 0 aromatic rings. The number of nitrogens with zero attached hydrogens (tertiary/aromatic N) is 1. The molecule has 5 heteroatoms. The Labute approximate surface area is 110 Å². The molecule has 5 nitrogen and oxygen atoms in total. The molecule has 0 aliphatic rings. The van der Waals surface area contributed by atoms with Crippen LogP contribution in [0.2, 0.25) is 0 Å². The summed E-state index contributed by atoms with van der Waals surface area (Å²) in [5, 5.41) is 11.4. The van der Waals surface area contributed by atoms with Crippen molar-refractivity contribution in [1.82, 2.24) is 10.2 Å². The van der Waals surface area contributed by atoms with Crippen molar-refractivity contribution in [2.75, 3.05) is 20.1 Å². The normalized spacial score (nSPS) is 12.8. The first-order chi connectivity index (χ1) is 8.32. The second-order valence-electron chi connectivity index (χ2n) is 5.19. The van der Waals surface area contributed by atoms with Crippen molar-refractivity contribution in [3.8, 4) is 0 Å². The summed E-state index contributed by atoms with van der Waals surface area (Å²) in [4.78, 5) is 24.2. The Balaban J connectivity index is 3.62. The predicted molar refractivity (Wildman–Crippen MR) is 71.4 cm³/mol. The lowest BCUT2D eigenvalue weighted by atomic mass is 10.0. The molecule has 2 N–H and O–H groups in total. The Hall–Kier alpha value is -1.10.